The van der Waals surface area contributed by atoms with Crippen LogP contribution in [0.5, 0.6) is 0 Å². The second-order valence-corrected chi connectivity index (χ2v) is 10.3. The number of aromatic amines is 1. The molecule has 0 radical (unpaired) electrons. The number of pyridine rings is 2. The van der Waals surface area contributed by atoms with E-state index in [2.05, 4.69) is 93.8 Å². The lowest BCUT2D eigenvalue weighted by molar-refractivity contribution is 0.153. The van der Waals surface area contributed by atoms with Crippen molar-refractivity contribution >= 4 is 11.0 Å². The number of H-pyrrole nitrogens is 1. The van der Waals surface area contributed by atoms with Crippen LogP contribution in [0.25, 0.3) is 11.0 Å². The minimum Gasteiger partial charge on any atom is -0.341 e. The highest BCUT2D eigenvalue weighted by atomic mass is 15.2. The smallest absolute Gasteiger partial charge is 0.121 e. The van der Waals surface area contributed by atoms with Crippen LogP contribution in [0, 0.1) is 0 Å². The normalized spacial score (nSPS) is 15.6. The van der Waals surface area contributed by atoms with Crippen molar-refractivity contribution in [2.24, 2.45) is 0 Å². The minimum atomic E-state index is 0. The standard InChI is InChI=1S/C32H34N6.CH4/c1-23(26-15-18-33-19-16-26)35-20-24-11-13-25(14-12-24)21-38(22-31-36-28-8-2-3-9-29(28)37-31)30-10-4-6-27-7-5-17-34-32(27)30;/h2-3,5,7-9,11-19,23,30,35H,4,6,10,20-22H2,1H3,(H,36,37);1H4. The van der Waals surface area contributed by atoms with Gasteiger partial charge in [-0.05, 0) is 78.8 Å². The van der Waals surface area contributed by atoms with Crippen molar-refractivity contribution in [3.63, 3.8) is 0 Å². The first-order chi connectivity index (χ1) is 18.7. The fourth-order valence-electron chi connectivity index (χ4n) is 5.53. The number of aromatic nitrogens is 4. The highest BCUT2D eigenvalue weighted by Crippen LogP contribution is 2.34. The lowest BCUT2D eigenvalue weighted by Gasteiger charge is -2.34. The summed E-state index contributed by atoms with van der Waals surface area (Å²) in [4.78, 5) is 19.9. The molecule has 2 atom stereocenters. The summed E-state index contributed by atoms with van der Waals surface area (Å²) < 4.78 is 0. The topological polar surface area (TPSA) is 69.7 Å². The molecule has 5 aromatic rings. The second kappa shape index (κ2) is 12.3. The van der Waals surface area contributed by atoms with Gasteiger partial charge in [0.1, 0.15) is 5.82 Å². The van der Waals surface area contributed by atoms with E-state index in [9.17, 15) is 0 Å². The molecule has 3 heterocycles. The highest BCUT2D eigenvalue weighted by Gasteiger charge is 2.28. The Balaban J connectivity index is 0.00000308. The molecule has 39 heavy (non-hydrogen) atoms. The van der Waals surface area contributed by atoms with E-state index >= 15 is 0 Å². The first-order valence-corrected chi connectivity index (χ1v) is 13.6. The molecule has 2 aromatic carbocycles. The average Bonchev–Trinajstić information content (AvgIpc) is 3.39. The zero-order chi connectivity index (χ0) is 25.7. The molecule has 2 unspecified atom stereocenters. The molecule has 0 spiro atoms. The van der Waals surface area contributed by atoms with Crippen molar-refractivity contribution in [2.75, 3.05) is 0 Å². The summed E-state index contributed by atoms with van der Waals surface area (Å²) >= 11 is 0. The maximum atomic E-state index is 4.90. The molecule has 0 bridgehead atoms. The lowest BCUT2D eigenvalue weighted by atomic mass is 9.90. The van der Waals surface area contributed by atoms with E-state index in [1.165, 1.54) is 34.4 Å². The summed E-state index contributed by atoms with van der Waals surface area (Å²) in [6.07, 6.45) is 9.03. The summed E-state index contributed by atoms with van der Waals surface area (Å²) in [6, 6.07) is 26.3. The molecule has 0 aliphatic heterocycles. The molecule has 200 valence electrons. The van der Waals surface area contributed by atoms with Crippen LogP contribution < -0.4 is 5.32 Å². The Bertz CT molecular complexity index is 1440. The molecule has 0 saturated carbocycles. The Labute approximate surface area is 231 Å². The Kier molecular flexibility index (Phi) is 8.45. The van der Waals surface area contributed by atoms with Crippen LogP contribution in [-0.2, 0) is 26.1 Å². The number of aryl methyl sites for hydroxylation is 1. The molecule has 0 amide bonds. The van der Waals surface area contributed by atoms with Gasteiger partial charge >= 0.3 is 0 Å². The number of rotatable bonds is 9. The third kappa shape index (κ3) is 6.24. The minimum absolute atomic E-state index is 0. The Morgan fingerprint density at radius 1 is 0.923 bits per heavy atom. The van der Waals surface area contributed by atoms with Crippen molar-refractivity contribution in [1.29, 1.82) is 0 Å². The predicted molar refractivity (Wildman–Crippen MR) is 158 cm³/mol. The summed E-state index contributed by atoms with van der Waals surface area (Å²) in [7, 11) is 0. The van der Waals surface area contributed by atoms with Crippen molar-refractivity contribution in [2.45, 2.75) is 65.3 Å². The van der Waals surface area contributed by atoms with Crippen LogP contribution >= 0.6 is 0 Å². The number of imidazole rings is 1. The number of para-hydroxylation sites is 2. The van der Waals surface area contributed by atoms with Gasteiger partial charge < -0.3 is 10.3 Å². The zero-order valence-electron chi connectivity index (χ0n) is 21.8. The van der Waals surface area contributed by atoms with Gasteiger partial charge in [0.25, 0.3) is 0 Å². The summed E-state index contributed by atoms with van der Waals surface area (Å²) in [5.41, 5.74) is 8.53. The molecule has 2 N–H and O–H groups in total. The van der Waals surface area contributed by atoms with E-state index in [1.54, 1.807) is 0 Å². The number of nitrogens with one attached hydrogen (secondary N) is 2. The number of hydrogen-bond acceptors (Lipinski definition) is 5. The van der Waals surface area contributed by atoms with Gasteiger partial charge in [0.15, 0.2) is 0 Å². The second-order valence-electron chi connectivity index (χ2n) is 10.3. The van der Waals surface area contributed by atoms with E-state index in [0.29, 0.717) is 0 Å². The Morgan fingerprint density at radius 2 is 1.72 bits per heavy atom. The summed E-state index contributed by atoms with van der Waals surface area (Å²) in [5.74, 6) is 1.00. The van der Waals surface area contributed by atoms with Crippen molar-refractivity contribution < 1.29 is 0 Å². The van der Waals surface area contributed by atoms with E-state index in [-0.39, 0.29) is 19.5 Å². The molecule has 1 aliphatic rings. The number of nitrogens with zero attached hydrogens (tertiary/aromatic N) is 4. The number of fused-ring (bicyclic) bond motifs is 2. The SMILES string of the molecule is C.CC(NCc1ccc(CN(Cc2nc3ccccc3[nH]2)C2CCCc3cccnc32)cc1)c1ccncc1. The molecule has 0 fully saturated rings. The van der Waals surface area contributed by atoms with Gasteiger partial charge in [0.2, 0.25) is 0 Å². The molecular weight excluding hydrogens is 480 g/mol. The van der Waals surface area contributed by atoms with Crippen LogP contribution in [0.1, 0.15) is 73.0 Å². The first-order valence-electron chi connectivity index (χ1n) is 13.6. The first kappa shape index (κ1) is 26.7. The Morgan fingerprint density at radius 3 is 2.54 bits per heavy atom. The molecule has 6 heteroatoms. The quantitative estimate of drug-likeness (QED) is 0.222. The van der Waals surface area contributed by atoms with Crippen LogP contribution in [-0.4, -0.2) is 24.8 Å². The molecule has 0 saturated heterocycles. The lowest BCUT2D eigenvalue weighted by Crippen LogP contribution is -2.31. The van der Waals surface area contributed by atoms with Crippen LogP contribution in [0.4, 0.5) is 0 Å². The van der Waals surface area contributed by atoms with E-state index in [1.807, 2.05) is 24.7 Å². The fraction of sp³-hybridized carbons (Fsp3) is 0.303. The van der Waals surface area contributed by atoms with Crippen LogP contribution in [0.2, 0.25) is 0 Å². The molecular formula is C33H38N6. The maximum Gasteiger partial charge on any atom is 0.121 e. The van der Waals surface area contributed by atoms with Crippen molar-refractivity contribution in [3.05, 3.63) is 125 Å². The summed E-state index contributed by atoms with van der Waals surface area (Å²) in [5, 5.41) is 3.62. The fourth-order valence-corrected chi connectivity index (χ4v) is 5.53. The largest absolute Gasteiger partial charge is 0.341 e. The highest BCUT2D eigenvalue weighted by molar-refractivity contribution is 5.74. The number of benzene rings is 2. The molecule has 6 rings (SSSR count). The van der Waals surface area contributed by atoms with E-state index in [0.717, 1.165) is 49.3 Å². The van der Waals surface area contributed by atoms with Gasteiger partial charge in [0.05, 0.1) is 29.3 Å². The third-order valence-electron chi connectivity index (χ3n) is 7.62. The van der Waals surface area contributed by atoms with Gasteiger partial charge in [-0.15, -0.1) is 0 Å². The van der Waals surface area contributed by atoms with Gasteiger partial charge in [-0.1, -0.05) is 49.9 Å². The van der Waals surface area contributed by atoms with Crippen LogP contribution in [0.15, 0.2) is 91.4 Å². The molecule has 3 aromatic heterocycles. The van der Waals surface area contributed by atoms with Crippen molar-refractivity contribution in [1.82, 2.24) is 30.2 Å². The predicted octanol–water partition coefficient (Wildman–Crippen LogP) is 6.92. The maximum absolute atomic E-state index is 4.90. The Hall–Kier alpha value is -3.87. The third-order valence-corrected chi connectivity index (χ3v) is 7.62. The van der Waals surface area contributed by atoms with Gasteiger partial charge in [-0.3, -0.25) is 14.9 Å². The van der Waals surface area contributed by atoms with Crippen molar-refractivity contribution in [3.8, 4) is 0 Å². The molecule has 1 aliphatic carbocycles. The monoisotopic (exact) mass is 518 g/mol. The van der Waals surface area contributed by atoms with Gasteiger partial charge in [-0.25, -0.2) is 4.98 Å². The van der Waals surface area contributed by atoms with E-state index in [4.69, 9.17) is 9.97 Å². The van der Waals surface area contributed by atoms with Gasteiger partial charge in [-0.2, -0.15) is 0 Å². The summed E-state index contributed by atoms with van der Waals surface area (Å²) in [6.45, 7) is 4.61. The van der Waals surface area contributed by atoms with Crippen LogP contribution in [0.3, 0.4) is 0 Å². The number of hydrogen-bond donors (Lipinski definition) is 2. The van der Waals surface area contributed by atoms with E-state index < -0.39 is 0 Å². The average molecular weight is 519 g/mol. The molecule has 6 nitrogen and oxygen atoms in total. The zero-order valence-corrected chi connectivity index (χ0v) is 21.8. The van der Waals surface area contributed by atoms with Gasteiger partial charge in [0, 0.05) is 37.7 Å².